The summed E-state index contributed by atoms with van der Waals surface area (Å²) in [5.41, 5.74) is 1.70. The molecule has 0 saturated carbocycles. The lowest BCUT2D eigenvalue weighted by Gasteiger charge is -2.33. The number of ether oxygens (including phenoxy) is 1. The largest absolute Gasteiger partial charge is 0.378 e. The van der Waals surface area contributed by atoms with E-state index in [9.17, 15) is 4.39 Å². The van der Waals surface area contributed by atoms with E-state index in [4.69, 9.17) is 9.26 Å². The summed E-state index contributed by atoms with van der Waals surface area (Å²) in [5.74, 6) is 0.711. The molecule has 1 saturated heterocycles. The molecule has 2 aromatic heterocycles. The number of hydrogen-bond donors (Lipinski definition) is 0. The van der Waals surface area contributed by atoms with E-state index in [0.717, 1.165) is 11.1 Å². The molecule has 25 heavy (non-hydrogen) atoms. The first kappa shape index (κ1) is 15.9. The zero-order chi connectivity index (χ0) is 17.1. The van der Waals surface area contributed by atoms with Crippen molar-refractivity contribution in [3.05, 3.63) is 66.1 Å². The Bertz CT molecular complexity index is 840. The van der Waals surface area contributed by atoms with Crippen molar-refractivity contribution in [2.24, 2.45) is 0 Å². The molecule has 1 aliphatic rings. The van der Waals surface area contributed by atoms with E-state index >= 15 is 0 Å². The maximum Gasteiger partial charge on any atom is 0.246 e. The molecule has 0 spiro atoms. The molecule has 0 unspecified atom stereocenters. The molecule has 4 rings (SSSR count). The summed E-state index contributed by atoms with van der Waals surface area (Å²) in [7, 11) is 0. The van der Waals surface area contributed by atoms with E-state index in [1.54, 1.807) is 6.20 Å². The van der Waals surface area contributed by atoms with Crippen LogP contribution >= 0.6 is 0 Å². The Balaban J connectivity index is 1.56. The third kappa shape index (κ3) is 3.57. The highest BCUT2D eigenvalue weighted by atomic mass is 19.1. The minimum Gasteiger partial charge on any atom is -0.378 e. The first-order chi connectivity index (χ1) is 12.3. The molecule has 1 fully saturated rings. The fourth-order valence-corrected chi connectivity index (χ4v) is 2.91. The van der Waals surface area contributed by atoms with Gasteiger partial charge in [-0.2, -0.15) is 4.98 Å². The number of benzene rings is 1. The summed E-state index contributed by atoms with van der Waals surface area (Å²) < 4.78 is 24.4. The zero-order valence-corrected chi connectivity index (χ0v) is 13.5. The van der Waals surface area contributed by atoms with Crippen LogP contribution in [0.3, 0.4) is 0 Å². The third-order valence-electron chi connectivity index (χ3n) is 4.15. The Morgan fingerprint density at radius 3 is 2.92 bits per heavy atom. The zero-order valence-electron chi connectivity index (χ0n) is 13.5. The molecule has 3 aromatic rings. The Labute approximate surface area is 144 Å². The van der Waals surface area contributed by atoms with Gasteiger partial charge in [-0.05, 0) is 11.6 Å². The summed E-state index contributed by atoms with van der Waals surface area (Å²) in [4.78, 5) is 10.6. The van der Waals surface area contributed by atoms with Gasteiger partial charge in [0.2, 0.25) is 11.7 Å². The molecule has 3 heterocycles. The van der Waals surface area contributed by atoms with Crippen molar-refractivity contribution >= 4 is 0 Å². The second-order valence-electron chi connectivity index (χ2n) is 5.89. The second kappa shape index (κ2) is 7.08. The molecule has 1 aliphatic heterocycles. The number of morpholine rings is 1. The summed E-state index contributed by atoms with van der Waals surface area (Å²) >= 11 is 0. The molecular formula is C18H17FN4O2. The number of hydrogen-bond acceptors (Lipinski definition) is 6. The van der Waals surface area contributed by atoms with Crippen LogP contribution in [0.2, 0.25) is 0 Å². The van der Waals surface area contributed by atoms with Gasteiger partial charge in [0.05, 0.1) is 19.4 Å². The lowest BCUT2D eigenvalue weighted by Crippen LogP contribution is -2.39. The smallest absolute Gasteiger partial charge is 0.246 e. The quantitative estimate of drug-likeness (QED) is 0.728. The SMILES string of the molecule is Fc1cncc(CN2CCOC[C@@H]2c2nc(-c3ccccc3)no2)c1. The van der Waals surface area contributed by atoms with Crippen molar-refractivity contribution in [2.75, 3.05) is 19.8 Å². The van der Waals surface area contributed by atoms with Gasteiger partial charge in [0.1, 0.15) is 11.9 Å². The van der Waals surface area contributed by atoms with Gasteiger partial charge in [-0.1, -0.05) is 35.5 Å². The average molecular weight is 340 g/mol. The van der Waals surface area contributed by atoms with E-state index in [1.165, 1.54) is 12.3 Å². The van der Waals surface area contributed by atoms with Crippen molar-refractivity contribution in [3.63, 3.8) is 0 Å². The number of aromatic nitrogens is 3. The van der Waals surface area contributed by atoms with Crippen LogP contribution in [0.25, 0.3) is 11.4 Å². The maximum atomic E-state index is 13.4. The number of halogens is 1. The van der Waals surface area contributed by atoms with Crippen LogP contribution in [0.15, 0.2) is 53.3 Å². The fraction of sp³-hybridized carbons (Fsp3) is 0.278. The standard InChI is InChI=1S/C18H17FN4O2/c19-15-8-13(9-20-10-15)11-23-6-7-24-12-16(23)18-21-17(22-25-18)14-4-2-1-3-5-14/h1-5,8-10,16H,6-7,11-12H2/t16-/m1/s1. The molecule has 0 radical (unpaired) electrons. The summed E-state index contributed by atoms with van der Waals surface area (Å²) in [6, 6.07) is 11.0. The molecular weight excluding hydrogens is 323 g/mol. The van der Waals surface area contributed by atoms with Crippen molar-refractivity contribution in [1.82, 2.24) is 20.0 Å². The normalized spacial score (nSPS) is 18.4. The lowest BCUT2D eigenvalue weighted by atomic mass is 10.1. The van der Waals surface area contributed by atoms with Crippen LogP contribution in [0.4, 0.5) is 4.39 Å². The van der Waals surface area contributed by atoms with Crippen LogP contribution in [-0.2, 0) is 11.3 Å². The monoisotopic (exact) mass is 340 g/mol. The van der Waals surface area contributed by atoms with Crippen molar-refractivity contribution in [3.8, 4) is 11.4 Å². The molecule has 7 heteroatoms. The molecule has 128 valence electrons. The fourth-order valence-electron chi connectivity index (χ4n) is 2.91. The van der Waals surface area contributed by atoms with Gasteiger partial charge in [-0.25, -0.2) is 4.39 Å². The van der Waals surface area contributed by atoms with E-state index in [1.807, 2.05) is 30.3 Å². The molecule has 1 atom stereocenters. The van der Waals surface area contributed by atoms with Gasteiger partial charge < -0.3 is 9.26 Å². The second-order valence-corrected chi connectivity index (χ2v) is 5.89. The highest BCUT2D eigenvalue weighted by Gasteiger charge is 2.29. The minimum absolute atomic E-state index is 0.165. The van der Waals surface area contributed by atoms with E-state index in [2.05, 4.69) is 20.0 Å². The Morgan fingerprint density at radius 1 is 1.20 bits per heavy atom. The topological polar surface area (TPSA) is 64.3 Å². The van der Waals surface area contributed by atoms with Crippen molar-refractivity contribution < 1.29 is 13.7 Å². The highest BCUT2D eigenvalue weighted by Crippen LogP contribution is 2.26. The first-order valence-electron chi connectivity index (χ1n) is 8.10. The molecule has 1 aromatic carbocycles. The molecule has 0 N–H and O–H groups in total. The summed E-state index contributed by atoms with van der Waals surface area (Å²) in [6.07, 6.45) is 2.86. The summed E-state index contributed by atoms with van der Waals surface area (Å²) in [6.45, 7) is 2.31. The lowest BCUT2D eigenvalue weighted by molar-refractivity contribution is -0.0241. The van der Waals surface area contributed by atoms with Crippen LogP contribution < -0.4 is 0 Å². The molecule has 0 bridgehead atoms. The van der Waals surface area contributed by atoms with Crippen molar-refractivity contribution in [1.29, 1.82) is 0 Å². The van der Waals surface area contributed by atoms with Crippen LogP contribution in [0.5, 0.6) is 0 Å². The van der Waals surface area contributed by atoms with Gasteiger partial charge >= 0.3 is 0 Å². The van der Waals surface area contributed by atoms with Crippen LogP contribution in [0, 0.1) is 5.82 Å². The van der Waals surface area contributed by atoms with Crippen LogP contribution in [0.1, 0.15) is 17.5 Å². The van der Waals surface area contributed by atoms with Gasteiger partial charge in [-0.3, -0.25) is 9.88 Å². The molecule has 0 aliphatic carbocycles. The predicted octanol–water partition coefficient (Wildman–Crippen LogP) is 2.84. The van der Waals surface area contributed by atoms with Gasteiger partial charge in [0.15, 0.2) is 0 Å². The third-order valence-corrected chi connectivity index (χ3v) is 4.15. The van der Waals surface area contributed by atoms with Gasteiger partial charge in [0, 0.05) is 24.8 Å². The minimum atomic E-state index is -0.341. The van der Waals surface area contributed by atoms with E-state index in [-0.39, 0.29) is 11.9 Å². The molecule has 0 amide bonds. The van der Waals surface area contributed by atoms with Crippen LogP contribution in [-0.4, -0.2) is 39.8 Å². The number of rotatable bonds is 4. The first-order valence-corrected chi connectivity index (χ1v) is 8.10. The summed E-state index contributed by atoms with van der Waals surface area (Å²) in [5, 5.41) is 4.08. The van der Waals surface area contributed by atoms with E-state index < -0.39 is 0 Å². The number of nitrogens with zero attached hydrogens (tertiary/aromatic N) is 4. The average Bonchev–Trinajstić information content (AvgIpc) is 3.13. The number of pyridine rings is 1. The Kier molecular flexibility index (Phi) is 4.49. The van der Waals surface area contributed by atoms with Gasteiger partial charge in [-0.15, -0.1) is 0 Å². The van der Waals surface area contributed by atoms with E-state index in [0.29, 0.717) is 38.0 Å². The highest BCUT2D eigenvalue weighted by molar-refractivity contribution is 5.53. The Hall–Kier alpha value is -2.64. The van der Waals surface area contributed by atoms with Gasteiger partial charge in [0.25, 0.3) is 0 Å². The molecule has 6 nitrogen and oxygen atoms in total. The maximum absolute atomic E-state index is 13.4. The van der Waals surface area contributed by atoms with Crippen molar-refractivity contribution in [2.45, 2.75) is 12.6 Å². The predicted molar refractivity (Wildman–Crippen MR) is 87.9 cm³/mol. The Morgan fingerprint density at radius 2 is 2.08 bits per heavy atom.